The number of aromatic carboxylic acids is 1. The average Bonchev–Trinajstić information content (AvgIpc) is 3.74. The van der Waals surface area contributed by atoms with Crippen LogP contribution in [-0.2, 0) is 23.9 Å². The number of β-lactam (4-membered cyclic amide) rings is 1. The Kier molecular flexibility index (Phi) is 10.2. The molecule has 3 fully saturated rings. The smallest absolute Gasteiger partial charge is 0.477 e. The molecule has 5 heterocycles. The number of carbonyl (C=O) groups is 5. The lowest BCUT2D eigenvalue weighted by Crippen LogP contribution is -2.70. The van der Waals surface area contributed by atoms with Crippen molar-refractivity contribution in [3.8, 4) is 0 Å². The molecule has 0 spiro atoms. The zero-order chi connectivity index (χ0) is 39.3. The molecular weight excluding hydrogens is 791 g/mol. The van der Waals surface area contributed by atoms with Gasteiger partial charge in [0.05, 0.1) is 27.7 Å². The van der Waals surface area contributed by atoms with E-state index in [2.05, 4.69) is 20.8 Å². The van der Waals surface area contributed by atoms with E-state index in [0.29, 0.717) is 6.42 Å². The second-order valence-corrected chi connectivity index (χ2v) is 15.1. The number of benzene rings is 1. The number of carbonyl (C=O) groups excluding carboxylic acids is 3. The number of nitrogens with one attached hydrogen (secondary N) is 2. The molecule has 1 saturated carbocycles. The van der Waals surface area contributed by atoms with Crippen LogP contribution in [0, 0.1) is 5.82 Å². The van der Waals surface area contributed by atoms with Crippen LogP contribution >= 0.6 is 34.7 Å². The first-order valence-electron chi connectivity index (χ1n) is 16.5. The number of rotatable bonds is 11. The minimum atomic E-state index is -1.72. The molecule has 1 aliphatic carbocycles. The van der Waals surface area contributed by atoms with E-state index in [0.717, 1.165) is 46.9 Å². The second kappa shape index (κ2) is 14.9. The van der Waals surface area contributed by atoms with Crippen LogP contribution in [0.15, 0.2) is 39.0 Å². The summed E-state index contributed by atoms with van der Waals surface area (Å²) in [5, 5.41) is 28.6. The lowest BCUT2D eigenvalue weighted by atomic mass is 10.1. The van der Waals surface area contributed by atoms with Crippen LogP contribution in [0.4, 0.5) is 24.8 Å². The standard InChI is InChI=1S/C32H30ClFN8O11S2/c1-51-39-20(18-11-55-30(35)37-18)25(44)38-21-26(45)42-27(53-32(49)50)12(10-54-28(21)42)9-52-31(48)36-13-4-5-40(7-13)23-17(34)6-15-22(19(23)33)41(14-2-3-14)8-16(24(15)43)29(46)47/h6,8,11,13-14,21,28H,2-5,7,9-10H2,1H3,(H2,35,37)(H,36,48)(H,38,44)(H,46,47)(H,49,50)/b39-20-/t13?,21-,28-/m1/s1. The Morgan fingerprint density at radius 2 is 1.95 bits per heavy atom. The first-order valence-corrected chi connectivity index (χ1v) is 18.8. The van der Waals surface area contributed by atoms with Gasteiger partial charge in [0.25, 0.3) is 11.8 Å². The summed E-state index contributed by atoms with van der Waals surface area (Å²) < 4.78 is 27.5. The molecule has 55 heavy (non-hydrogen) atoms. The molecule has 2 saturated heterocycles. The molecule has 3 aromatic rings. The second-order valence-electron chi connectivity index (χ2n) is 12.7. The Morgan fingerprint density at radius 3 is 2.60 bits per heavy atom. The molecule has 23 heteroatoms. The van der Waals surface area contributed by atoms with Gasteiger partial charge >= 0.3 is 18.2 Å². The van der Waals surface area contributed by atoms with Crippen LogP contribution in [0.3, 0.4) is 0 Å². The number of pyridine rings is 1. The topological polar surface area (TPSA) is 257 Å². The maximum absolute atomic E-state index is 15.6. The zero-order valence-electron chi connectivity index (χ0n) is 28.4. The molecule has 19 nitrogen and oxygen atoms in total. The fourth-order valence-electron chi connectivity index (χ4n) is 6.57. The number of oxime groups is 1. The Balaban J connectivity index is 1.00. The van der Waals surface area contributed by atoms with Crippen LogP contribution in [0.5, 0.6) is 0 Å². The SMILES string of the molecule is CO/N=C(\C(=O)N[C@@H]1C(=O)N2C(OC(=O)O)=C(COC(=O)NC3CCN(c4c(F)cc5c(=O)c(C(=O)O)cn(C6CC6)c5c4Cl)C3)CS[C@H]12)c1csc(N)n1. The van der Waals surface area contributed by atoms with Crippen molar-refractivity contribution in [2.45, 2.75) is 42.8 Å². The Hall–Kier alpha value is -5.61. The number of nitrogens with two attached hydrogens (primary N) is 1. The van der Waals surface area contributed by atoms with Gasteiger partial charge in [0.1, 0.15) is 42.2 Å². The maximum Gasteiger partial charge on any atom is 0.512 e. The van der Waals surface area contributed by atoms with Crippen molar-refractivity contribution in [2.75, 3.05) is 43.2 Å². The van der Waals surface area contributed by atoms with Crippen molar-refractivity contribution in [1.82, 2.24) is 25.1 Å². The molecule has 2 aromatic heterocycles. The van der Waals surface area contributed by atoms with Gasteiger partial charge in [-0.3, -0.25) is 19.3 Å². The van der Waals surface area contributed by atoms with Crippen molar-refractivity contribution >= 4 is 92.2 Å². The van der Waals surface area contributed by atoms with Crippen molar-refractivity contribution in [3.63, 3.8) is 0 Å². The quantitative estimate of drug-likeness (QED) is 0.0806. The van der Waals surface area contributed by atoms with Gasteiger partial charge in [-0.2, -0.15) is 0 Å². The summed E-state index contributed by atoms with van der Waals surface area (Å²) in [7, 11) is 1.22. The number of amides is 3. The van der Waals surface area contributed by atoms with Gasteiger partial charge in [-0.15, -0.1) is 23.1 Å². The van der Waals surface area contributed by atoms with Gasteiger partial charge in [0.2, 0.25) is 11.3 Å². The van der Waals surface area contributed by atoms with Gasteiger partial charge in [-0.1, -0.05) is 16.8 Å². The fraction of sp³-hybridized carbons (Fsp3) is 0.375. The monoisotopic (exact) mass is 820 g/mol. The summed E-state index contributed by atoms with van der Waals surface area (Å²) in [5.74, 6) is -4.03. The average molecular weight is 821 g/mol. The molecule has 1 aromatic carbocycles. The number of ether oxygens (including phenoxy) is 2. The van der Waals surface area contributed by atoms with Crippen molar-refractivity contribution in [3.05, 3.63) is 61.4 Å². The highest BCUT2D eigenvalue weighted by atomic mass is 35.5. The molecule has 3 atom stereocenters. The number of hydrogen-bond donors (Lipinski definition) is 5. The number of anilines is 2. The van der Waals surface area contributed by atoms with E-state index >= 15 is 4.39 Å². The molecule has 7 rings (SSSR count). The summed E-state index contributed by atoms with van der Waals surface area (Å²) in [6.07, 6.45) is 0.458. The zero-order valence-corrected chi connectivity index (χ0v) is 30.8. The van der Waals surface area contributed by atoms with Crippen molar-refractivity contribution in [2.24, 2.45) is 5.16 Å². The number of nitrogen functional groups attached to an aromatic ring is 1. The minimum absolute atomic E-state index is 0.00172. The highest BCUT2D eigenvalue weighted by Gasteiger charge is 2.54. The first kappa shape index (κ1) is 37.7. The summed E-state index contributed by atoms with van der Waals surface area (Å²) in [6, 6.07) is -0.735. The van der Waals surface area contributed by atoms with Gasteiger partial charge < -0.3 is 50.4 Å². The minimum Gasteiger partial charge on any atom is -0.477 e. The molecule has 0 radical (unpaired) electrons. The van der Waals surface area contributed by atoms with E-state index in [1.165, 1.54) is 18.7 Å². The molecular formula is C32H30ClFN8O11S2. The number of aromatic nitrogens is 2. The number of fused-ring (bicyclic) bond motifs is 2. The number of halogens is 2. The van der Waals surface area contributed by atoms with Gasteiger partial charge in [-0.05, 0) is 25.3 Å². The number of thiazole rings is 1. The lowest BCUT2D eigenvalue weighted by molar-refractivity contribution is -0.148. The van der Waals surface area contributed by atoms with E-state index in [1.807, 2.05) is 0 Å². The highest BCUT2D eigenvalue weighted by Crippen LogP contribution is 2.43. The van der Waals surface area contributed by atoms with Gasteiger partial charge in [0, 0.05) is 42.0 Å². The fourth-order valence-corrected chi connectivity index (χ4v) is 8.83. The third-order valence-corrected chi connectivity index (χ3v) is 11.6. The Bertz CT molecular complexity index is 2280. The summed E-state index contributed by atoms with van der Waals surface area (Å²) in [4.78, 5) is 86.9. The van der Waals surface area contributed by atoms with Crippen LogP contribution in [-0.4, -0.2) is 110 Å². The molecule has 290 valence electrons. The summed E-state index contributed by atoms with van der Waals surface area (Å²) in [5.41, 5.74) is 4.63. The van der Waals surface area contributed by atoms with Gasteiger partial charge in [0.15, 0.2) is 10.8 Å². The van der Waals surface area contributed by atoms with Gasteiger partial charge in [-0.25, -0.2) is 23.8 Å². The number of thioether (sulfide) groups is 1. The van der Waals surface area contributed by atoms with Crippen LogP contribution in [0.2, 0.25) is 5.02 Å². The maximum atomic E-state index is 15.6. The third kappa shape index (κ3) is 7.18. The highest BCUT2D eigenvalue weighted by molar-refractivity contribution is 8.00. The van der Waals surface area contributed by atoms with Crippen LogP contribution < -0.4 is 26.7 Å². The van der Waals surface area contributed by atoms with Crippen LogP contribution in [0.25, 0.3) is 10.9 Å². The largest absolute Gasteiger partial charge is 0.512 e. The predicted octanol–water partition coefficient (Wildman–Crippen LogP) is 2.53. The number of carboxylic acids is 1. The number of nitrogens with zero attached hydrogens (tertiary/aromatic N) is 5. The van der Waals surface area contributed by atoms with E-state index in [9.17, 15) is 39.0 Å². The van der Waals surface area contributed by atoms with Crippen molar-refractivity contribution < 1.29 is 52.9 Å². The lowest BCUT2D eigenvalue weighted by Gasteiger charge is -2.49. The van der Waals surface area contributed by atoms with E-state index in [1.54, 1.807) is 9.47 Å². The Labute approximate surface area is 321 Å². The van der Waals surface area contributed by atoms with E-state index < -0.39 is 70.9 Å². The molecule has 1 unspecified atom stereocenters. The first-order chi connectivity index (χ1) is 26.3. The predicted molar refractivity (Wildman–Crippen MR) is 195 cm³/mol. The molecule has 3 aliphatic heterocycles. The molecule has 6 N–H and O–H groups in total. The van der Waals surface area contributed by atoms with E-state index in [4.69, 9.17) is 31.6 Å². The molecule has 4 aliphatic rings. The summed E-state index contributed by atoms with van der Waals surface area (Å²) in [6.45, 7) is -0.0869. The summed E-state index contributed by atoms with van der Waals surface area (Å²) >= 11 is 8.98. The number of carboxylic acid groups (broad SMARTS) is 2. The molecule has 3 amide bonds. The number of hydrogen-bond acceptors (Lipinski definition) is 15. The normalized spacial score (nSPS) is 20.9. The third-order valence-electron chi connectivity index (χ3n) is 9.18. The van der Waals surface area contributed by atoms with E-state index in [-0.39, 0.29) is 74.5 Å². The Morgan fingerprint density at radius 1 is 1.18 bits per heavy atom. The van der Waals surface area contributed by atoms with Crippen molar-refractivity contribution in [1.29, 1.82) is 0 Å². The number of alkyl carbamates (subject to hydrolysis) is 1. The molecule has 0 bridgehead atoms. The van der Waals surface area contributed by atoms with Crippen LogP contribution in [0.1, 0.15) is 41.4 Å².